The van der Waals surface area contributed by atoms with E-state index in [9.17, 15) is 4.79 Å². The lowest BCUT2D eigenvalue weighted by molar-refractivity contribution is -0.117. The molecule has 19 heavy (non-hydrogen) atoms. The van der Waals surface area contributed by atoms with Crippen LogP contribution >= 0.6 is 11.7 Å². The molecule has 0 saturated carbocycles. The molecule has 7 nitrogen and oxygen atoms in total. The monoisotopic (exact) mass is 274 g/mol. The smallest absolute Gasteiger partial charge is 0.227 e. The predicted molar refractivity (Wildman–Crippen MR) is 71.9 cm³/mol. The number of fused-ring (bicyclic) bond motifs is 1. The van der Waals surface area contributed by atoms with Crippen LogP contribution in [0, 0.1) is 5.92 Å². The number of aromatic nitrogens is 2. The lowest BCUT2D eigenvalue weighted by Crippen LogP contribution is -2.24. The zero-order valence-corrected chi connectivity index (χ0v) is 10.7. The van der Waals surface area contributed by atoms with Crippen LogP contribution in [-0.2, 0) is 4.79 Å². The number of carbonyl (C=O) groups excluding carboxylic acids is 1. The summed E-state index contributed by atoms with van der Waals surface area (Å²) in [7, 11) is 0. The molecule has 1 fully saturated rings. The van der Waals surface area contributed by atoms with Crippen molar-refractivity contribution in [2.45, 2.75) is 6.42 Å². The minimum absolute atomic E-state index is 0.0562. The number of hydrogen-bond donors (Lipinski definition) is 0. The van der Waals surface area contributed by atoms with Gasteiger partial charge in [0.15, 0.2) is 0 Å². The van der Waals surface area contributed by atoms with Crippen molar-refractivity contribution in [1.29, 1.82) is 0 Å². The molecule has 1 amide bonds. The Morgan fingerprint density at radius 3 is 3.16 bits per heavy atom. The summed E-state index contributed by atoms with van der Waals surface area (Å²) >= 11 is 1.16. The first-order valence-corrected chi connectivity index (χ1v) is 6.54. The zero-order valence-electron chi connectivity index (χ0n) is 9.93. The van der Waals surface area contributed by atoms with E-state index in [1.54, 1.807) is 4.90 Å². The normalized spacial score (nSPS) is 18.8. The van der Waals surface area contributed by atoms with Gasteiger partial charge in [-0.1, -0.05) is 5.11 Å². The van der Waals surface area contributed by atoms with Gasteiger partial charge in [0.1, 0.15) is 11.0 Å². The SMILES string of the molecule is [N-]=[N+]=NCC1CC(=O)N(c2ccc3nsnc3c2)C1. The van der Waals surface area contributed by atoms with Gasteiger partial charge in [0.25, 0.3) is 0 Å². The third-order valence-electron chi connectivity index (χ3n) is 3.16. The Kier molecular flexibility index (Phi) is 3.02. The van der Waals surface area contributed by atoms with Crippen molar-refractivity contribution in [1.82, 2.24) is 8.75 Å². The van der Waals surface area contributed by atoms with Crippen molar-refractivity contribution >= 4 is 34.4 Å². The van der Waals surface area contributed by atoms with Crippen molar-refractivity contribution in [3.8, 4) is 0 Å². The molecule has 8 heteroatoms. The second kappa shape index (κ2) is 4.83. The molecular formula is C11H10N6OS. The molecule has 96 valence electrons. The lowest BCUT2D eigenvalue weighted by Gasteiger charge is -2.16. The molecule has 1 saturated heterocycles. The van der Waals surface area contributed by atoms with E-state index in [1.165, 1.54) is 0 Å². The Morgan fingerprint density at radius 1 is 1.47 bits per heavy atom. The van der Waals surface area contributed by atoms with Gasteiger partial charge in [0, 0.05) is 30.1 Å². The van der Waals surface area contributed by atoms with Crippen LogP contribution in [0.5, 0.6) is 0 Å². The molecule has 0 radical (unpaired) electrons. The van der Waals surface area contributed by atoms with Gasteiger partial charge in [-0.25, -0.2) is 0 Å². The average molecular weight is 274 g/mol. The van der Waals surface area contributed by atoms with Crippen LogP contribution in [0.1, 0.15) is 6.42 Å². The van der Waals surface area contributed by atoms with Crippen molar-refractivity contribution in [3.63, 3.8) is 0 Å². The number of hydrogen-bond acceptors (Lipinski definition) is 5. The van der Waals surface area contributed by atoms with Crippen molar-refractivity contribution < 1.29 is 4.79 Å². The van der Waals surface area contributed by atoms with Crippen LogP contribution in [0.15, 0.2) is 23.3 Å². The number of rotatable bonds is 3. The van der Waals surface area contributed by atoms with Gasteiger partial charge in [0.2, 0.25) is 5.91 Å². The molecule has 3 rings (SSSR count). The highest BCUT2D eigenvalue weighted by atomic mass is 32.1. The minimum Gasteiger partial charge on any atom is -0.312 e. The van der Waals surface area contributed by atoms with Gasteiger partial charge >= 0.3 is 0 Å². The van der Waals surface area contributed by atoms with Gasteiger partial charge in [-0.05, 0) is 29.6 Å². The first-order chi connectivity index (χ1) is 9.28. The van der Waals surface area contributed by atoms with E-state index >= 15 is 0 Å². The molecule has 0 bridgehead atoms. The van der Waals surface area contributed by atoms with Crippen LogP contribution in [0.3, 0.4) is 0 Å². The Balaban J connectivity index is 1.85. The number of nitrogens with zero attached hydrogens (tertiary/aromatic N) is 6. The van der Waals surface area contributed by atoms with Crippen molar-refractivity contribution in [3.05, 3.63) is 28.6 Å². The quantitative estimate of drug-likeness (QED) is 0.488. The predicted octanol–water partition coefficient (Wildman–Crippen LogP) is 2.35. The summed E-state index contributed by atoms with van der Waals surface area (Å²) in [6.45, 7) is 0.945. The summed E-state index contributed by atoms with van der Waals surface area (Å²) in [5, 5.41) is 3.54. The van der Waals surface area contributed by atoms with E-state index in [1.807, 2.05) is 18.2 Å². The summed E-state index contributed by atoms with van der Waals surface area (Å²) in [6, 6.07) is 5.60. The van der Waals surface area contributed by atoms with Crippen LogP contribution < -0.4 is 4.90 Å². The number of azide groups is 1. The van der Waals surface area contributed by atoms with E-state index in [4.69, 9.17) is 5.53 Å². The van der Waals surface area contributed by atoms with Gasteiger partial charge in [-0.3, -0.25) is 4.79 Å². The molecule has 2 aromatic rings. The standard InChI is InChI=1S/C11H10N6OS/c12-16-13-5-7-3-11(18)17(6-7)8-1-2-9-10(4-8)15-19-14-9/h1-2,4,7H,3,5-6H2. The highest BCUT2D eigenvalue weighted by molar-refractivity contribution is 7.00. The van der Waals surface area contributed by atoms with E-state index in [0.717, 1.165) is 28.4 Å². The maximum absolute atomic E-state index is 12.0. The Morgan fingerprint density at radius 2 is 2.32 bits per heavy atom. The molecule has 1 aromatic carbocycles. The van der Waals surface area contributed by atoms with E-state index in [0.29, 0.717) is 19.5 Å². The second-order valence-corrected chi connectivity index (χ2v) is 4.95. The first kappa shape index (κ1) is 11.9. The molecule has 1 atom stereocenters. The van der Waals surface area contributed by atoms with E-state index < -0.39 is 0 Å². The number of carbonyl (C=O) groups is 1. The molecule has 1 aliphatic rings. The second-order valence-electron chi connectivity index (χ2n) is 4.43. The molecule has 1 aliphatic heterocycles. The van der Waals surface area contributed by atoms with Crippen molar-refractivity contribution in [2.24, 2.45) is 11.0 Å². The zero-order chi connectivity index (χ0) is 13.2. The molecule has 1 aromatic heterocycles. The van der Waals surface area contributed by atoms with Gasteiger partial charge in [-0.15, -0.1) is 0 Å². The molecule has 0 N–H and O–H groups in total. The minimum atomic E-state index is 0.0562. The van der Waals surface area contributed by atoms with Crippen LogP contribution in [0.2, 0.25) is 0 Å². The fourth-order valence-corrected chi connectivity index (χ4v) is 2.76. The summed E-state index contributed by atoms with van der Waals surface area (Å²) < 4.78 is 8.30. The third-order valence-corrected chi connectivity index (χ3v) is 3.71. The van der Waals surface area contributed by atoms with Crippen LogP contribution in [-0.4, -0.2) is 27.7 Å². The first-order valence-electron chi connectivity index (χ1n) is 5.81. The number of anilines is 1. The number of amides is 1. The third kappa shape index (κ3) is 2.23. The molecule has 0 aliphatic carbocycles. The van der Waals surface area contributed by atoms with Crippen molar-refractivity contribution in [2.75, 3.05) is 18.0 Å². The summed E-state index contributed by atoms with van der Waals surface area (Å²) in [4.78, 5) is 16.4. The van der Waals surface area contributed by atoms with Gasteiger partial charge in [-0.2, -0.15) is 8.75 Å². The van der Waals surface area contributed by atoms with E-state index in [2.05, 4.69) is 18.8 Å². The summed E-state index contributed by atoms with van der Waals surface area (Å²) in [6.07, 6.45) is 0.423. The number of benzene rings is 1. The Bertz CT molecular complexity index is 677. The maximum Gasteiger partial charge on any atom is 0.227 e. The highest BCUT2D eigenvalue weighted by Crippen LogP contribution is 2.27. The fraction of sp³-hybridized carbons (Fsp3) is 0.364. The maximum atomic E-state index is 12.0. The summed E-state index contributed by atoms with van der Waals surface area (Å²) in [5.41, 5.74) is 10.8. The fourth-order valence-electron chi connectivity index (χ4n) is 2.24. The van der Waals surface area contributed by atoms with Gasteiger partial charge < -0.3 is 4.90 Å². The molecule has 0 spiro atoms. The lowest BCUT2D eigenvalue weighted by atomic mass is 10.1. The molecule has 1 unspecified atom stereocenters. The Labute approximate surface area is 112 Å². The molecular weight excluding hydrogens is 264 g/mol. The van der Waals surface area contributed by atoms with Crippen LogP contribution in [0.25, 0.3) is 21.5 Å². The summed E-state index contributed by atoms with van der Waals surface area (Å²) in [5.74, 6) is 0.147. The highest BCUT2D eigenvalue weighted by Gasteiger charge is 2.30. The van der Waals surface area contributed by atoms with Crippen LogP contribution in [0.4, 0.5) is 5.69 Å². The topological polar surface area (TPSA) is 94.9 Å². The molecule has 2 heterocycles. The van der Waals surface area contributed by atoms with E-state index in [-0.39, 0.29) is 11.8 Å². The average Bonchev–Trinajstić information content (AvgIpc) is 3.01. The van der Waals surface area contributed by atoms with Gasteiger partial charge in [0.05, 0.1) is 11.7 Å². The largest absolute Gasteiger partial charge is 0.312 e. The Hall–Kier alpha value is -2.18.